The van der Waals surface area contributed by atoms with Gasteiger partial charge in [-0.1, -0.05) is 25.0 Å². The maximum absolute atomic E-state index is 12.3. The van der Waals surface area contributed by atoms with Crippen LogP contribution < -0.4 is 15.4 Å². The average Bonchev–Trinajstić information content (AvgIpc) is 3.26. The minimum absolute atomic E-state index is 0.0586. The van der Waals surface area contributed by atoms with Crippen LogP contribution in [-0.4, -0.2) is 24.6 Å². The first-order chi connectivity index (χ1) is 15.0. The summed E-state index contributed by atoms with van der Waals surface area (Å²) in [6, 6.07) is 13.7. The van der Waals surface area contributed by atoms with E-state index in [1.54, 1.807) is 19.1 Å². The van der Waals surface area contributed by atoms with E-state index in [4.69, 9.17) is 9.47 Å². The quantitative estimate of drug-likeness (QED) is 0.474. The topological polar surface area (TPSA) is 93.7 Å². The van der Waals surface area contributed by atoms with Crippen LogP contribution >= 0.6 is 0 Å². The standard InChI is InChI=1S/C24H28N2O5/c1-2-30-24(29)31-21-13-9-19(10-14-21)23(28)25-16-18-7-11-20(12-8-18)26-22(27)15-17-5-3-4-6-17/h7-14,17H,2-6,15-16H2,1H3,(H,25,28)(H,26,27). The van der Waals surface area contributed by atoms with Gasteiger partial charge >= 0.3 is 6.16 Å². The van der Waals surface area contributed by atoms with Gasteiger partial charge in [0.2, 0.25) is 5.91 Å². The minimum Gasteiger partial charge on any atom is -0.434 e. The van der Waals surface area contributed by atoms with Gasteiger partial charge in [0, 0.05) is 24.2 Å². The van der Waals surface area contributed by atoms with Gasteiger partial charge in [0.1, 0.15) is 5.75 Å². The molecular formula is C24H28N2O5. The molecule has 0 aromatic heterocycles. The summed E-state index contributed by atoms with van der Waals surface area (Å²) < 4.78 is 9.68. The lowest BCUT2D eigenvalue weighted by Gasteiger charge is -2.10. The van der Waals surface area contributed by atoms with E-state index >= 15 is 0 Å². The Morgan fingerprint density at radius 2 is 1.65 bits per heavy atom. The highest BCUT2D eigenvalue weighted by molar-refractivity contribution is 5.94. The highest BCUT2D eigenvalue weighted by Crippen LogP contribution is 2.27. The van der Waals surface area contributed by atoms with Crippen LogP contribution in [0.4, 0.5) is 10.5 Å². The Morgan fingerprint density at radius 1 is 0.968 bits per heavy atom. The third-order valence-electron chi connectivity index (χ3n) is 5.22. The molecule has 2 amide bonds. The molecule has 3 rings (SSSR count). The van der Waals surface area contributed by atoms with E-state index in [1.165, 1.54) is 25.0 Å². The van der Waals surface area contributed by atoms with Crippen molar-refractivity contribution in [1.29, 1.82) is 0 Å². The number of hydrogen-bond donors (Lipinski definition) is 2. The maximum Gasteiger partial charge on any atom is 0.513 e. The molecule has 1 fully saturated rings. The summed E-state index contributed by atoms with van der Waals surface area (Å²) >= 11 is 0. The number of rotatable bonds is 8. The second-order valence-corrected chi connectivity index (χ2v) is 7.59. The molecule has 1 aliphatic carbocycles. The van der Waals surface area contributed by atoms with Crippen molar-refractivity contribution in [3.63, 3.8) is 0 Å². The Balaban J connectivity index is 1.44. The lowest BCUT2D eigenvalue weighted by molar-refractivity contribution is -0.117. The number of nitrogens with one attached hydrogen (secondary N) is 2. The summed E-state index contributed by atoms with van der Waals surface area (Å²) in [5, 5.41) is 5.79. The Hall–Kier alpha value is -3.35. The summed E-state index contributed by atoms with van der Waals surface area (Å²) in [5.74, 6) is 0.640. The third-order valence-corrected chi connectivity index (χ3v) is 5.22. The second-order valence-electron chi connectivity index (χ2n) is 7.59. The molecule has 2 N–H and O–H groups in total. The molecule has 31 heavy (non-hydrogen) atoms. The normalized spacial score (nSPS) is 13.5. The lowest BCUT2D eigenvalue weighted by Crippen LogP contribution is -2.22. The molecule has 0 radical (unpaired) electrons. The summed E-state index contributed by atoms with van der Waals surface area (Å²) in [6.07, 6.45) is 4.55. The molecule has 7 heteroatoms. The lowest BCUT2D eigenvalue weighted by atomic mass is 10.0. The molecule has 7 nitrogen and oxygen atoms in total. The van der Waals surface area contributed by atoms with Crippen molar-refractivity contribution in [3.05, 3.63) is 59.7 Å². The van der Waals surface area contributed by atoms with Gasteiger partial charge in [-0.3, -0.25) is 9.59 Å². The van der Waals surface area contributed by atoms with Crippen LogP contribution in [-0.2, 0) is 16.1 Å². The number of amides is 2. The van der Waals surface area contributed by atoms with Gasteiger partial charge in [-0.15, -0.1) is 0 Å². The van der Waals surface area contributed by atoms with Gasteiger partial charge in [0.25, 0.3) is 5.91 Å². The van der Waals surface area contributed by atoms with Crippen molar-refractivity contribution >= 4 is 23.7 Å². The minimum atomic E-state index is -0.780. The van der Waals surface area contributed by atoms with E-state index in [0.717, 1.165) is 24.1 Å². The van der Waals surface area contributed by atoms with Crippen molar-refractivity contribution in [3.8, 4) is 5.75 Å². The maximum atomic E-state index is 12.3. The zero-order chi connectivity index (χ0) is 22.1. The molecule has 0 heterocycles. The van der Waals surface area contributed by atoms with Crippen molar-refractivity contribution < 1.29 is 23.9 Å². The van der Waals surface area contributed by atoms with Crippen LogP contribution in [0.2, 0.25) is 0 Å². The van der Waals surface area contributed by atoms with Gasteiger partial charge < -0.3 is 20.1 Å². The molecule has 2 aromatic rings. The predicted octanol–water partition coefficient (Wildman–Crippen LogP) is 4.67. The van der Waals surface area contributed by atoms with E-state index < -0.39 is 6.16 Å². The monoisotopic (exact) mass is 424 g/mol. The first-order valence-corrected chi connectivity index (χ1v) is 10.6. The molecule has 0 saturated heterocycles. The fourth-order valence-corrected chi connectivity index (χ4v) is 3.60. The molecular weight excluding hydrogens is 396 g/mol. The van der Waals surface area contributed by atoms with Gasteiger partial charge in [-0.2, -0.15) is 0 Å². The summed E-state index contributed by atoms with van der Waals surface area (Å²) in [7, 11) is 0. The van der Waals surface area contributed by atoms with E-state index in [9.17, 15) is 14.4 Å². The first-order valence-electron chi connectivity index (χ1n) is 10.6. The van der Waals surface area contributed by atoms with Crippen LogP contribution in [0.5, 0.6) is 5.75 Å². The molecule has 0 bridgehead atoms. The SMILES string of the molecule is CCOC(=O)Oc1ccc(C(=O)NCc2ccc(NC(=O)CC3CCCC3)cc2)cc1. The Bertz CT molecular complexity index is 887. The number of anilines is 1. The van der Waals surface area contributed by atoms with Crippen molar-refractivity contribution in [2.75, 3.05) is 11.9 Å². The molecule has 0 spiro atoms. The van der Waals surface area contributed by atoms with E-state index in [2.05, 4.69) is 10.6 Å². The highest BCUT2D eigenvalue weighted by atomic mass is 16.7. The van der Waals surface area contributed by atoms with E-state index in [-0.39, 0.29) is 18.4 Å². The van der Waals surface area contributed by atoms with Gasteiger partial charge in [-0.05, 0) is 67.6 Å². The molecule has 1 saturated carbocycles. The number of carbonyl (C=O) groups is 3. The molecule has 0 unspecified atom stereocenters. The average molecular weight is 424 g/mol. The largest absolute Gasteiger partial charge is 0.513 e. The van der Waals surface area contributed by atoms with Crippen molar-refractivity contribution in [1.82, 2.24) is 5.32 Å². The summed E-state index contributed by atoms with van der Waals surface area (Å²) in [4.78, 5) is 35.8. The third kappa shape index (κ3) is 7.13. The summed E-state index contributed by atoms with van der Waals surface area (Å²) in [5.41, 5.74) is 2.13. The summed E-state index contributed by atoms with van der Waals surface area (Å²) in [6.45, 7) is 2.28. The number of ether oxygens (including phenoxy) is 2. The molecule has 2 aromatic carbocycles. The van der Waals surface area contributed by atoms with Crippen molar-refractivity contribution in [2.45, 2.75) is 45.6 Å². The first kappa shape index (κ1) is 22.3. The second kappa shape index (κ2) is 11.2. The zero-order valence-electron chi connectivity index (χ0n) is 17.7. The highest BCUT2D eigenvalue weighted by Gasteiger charge is 2.18. The smallest absolute Gasteiger partial charge is 0.434 e. The Kier molecular flexibility index (Phi) is 8.04. The van der Waals surface area contributed by atoms with E-state index in [1.807, 2.05) is 24.3 Å². The van der Waals surface area contributed by atoms with Crippen LogP contribution in [0, 0.1) is 5.92 Å². The van der Waals surface area contributed by atoms with Crippen LogP contribution in [0.25, 0.3) is 0 Å². The van der Waals surface area contributed by atoms with Crippen LogP contribution in [0.1, 0.15) is 54.9 Å². The fourth-order valence-electron chi connectivity index (χ4n) is 3.60. The molecule has 0 aliphatic heterocycles. The Labute approximate surface area is 182 Å². The molecule has 164 valence electrons. The van der Waals surface area contributed by atoms with Crippen LogP contribution in [0.15, 0.2) is 48.5 Å². The Morgan fingerprint density at radius 3 is 2.29 bits per heavy atom. The van der Waals surface area contributed by atoms with Gasteiger partial charge in [-0.25, -0.2) is 4.79 Å². The number of benzene rings is 2. The predicted molar refractivity (Wildman–Crippen MR) is 117 cm³/mol. The van der Waals surface area contributed by atoms with Gasteiger partial charge in [0.05, 0.1) is 6.61 Å². The van der Waals surface area contributed by atoms with Crippen molar-refractivity contribution in [2.24, 2.45) is 5.92 Å². The number of carbonyl (C=O) groups excluding carboxylic acids is 3. The van der Waals surface area contributed by atoms with E-state index in [0.29, 0.717) is 30.2 Å². The number of hydrogen-bond acceptors (Lipinski definition) is 5. The molecule has 1 aliphatic rings. The zero-order valence-corrected chi connectivity index (χ0v) is 17.7. The molecule has 0 atom stereocenters. The van der Waals surface area contributed by atoms with Gasteiger partial charge in [0.15, 0.2) is 0 Å². The fraction of sp³-hybridized carbons (Fsp3) is 0.375. The van der Waals surface area contributed by atoms with Crippen LogP contribution in [0.3, 0.4) is 0 Å².